The highest BCUT2D eigenvalue weighted by Crippen LogP contribution is 2.30. The summed E-state index contributed by atoms with van der Waals surface area (Å²) in [6.07, 6.45) is -3.39. The van der Waals surface area contributed by atoms with E-state index in [1.54, 1.807) is 6.07 Å². The van der Waals surface area contributed by atoms with E-state index in [0.29, 0.717) is 18.4 Å². The highest BCUT2D eigenvalue weighted by molar-refractivity contribution is 5.85. The maximum Gasteiger partial charge on any atom is 0.416 e. The molecule has 2 nitrogen and oxygen atoms in total. The molecule has 0 aromatic heterocycles. The van der Waals surface area contributed by atoms with E-state index in [2.05, 4.69) is 0 Å². The molecule has 0 aliphatic rings. The molecule has 1 atom stereocenters. The number of hydrogen-bond donors (Lipinski definition) is 2. The molecule has 6 heteroatoms. The van der Waals surface area contributed by atoms with Crippen LogP contribution in [0.1, 0.15) is 30.0 Å². The third-order valence-corrected chi connectivity index (χ3v) is 2.32. The van der Waals surface area contributed by atoms with Crippen LogP contribution < -0.4 is 5.73 Å². The predicted octanol–water partition coefficient (Wildman–Crippen LogP) is 2.90. The Labute approximate surface area is 104 Å². The van der Waals surface area contributed by atoms with E-state index >= 15 is 0 Å². The zero-order valence-electron chi connectivity index (χ0n) is 9.07. The Morgan fingerprint density at radius 1 is 1.29 bits per heavy atom. The van der Waals surface area contributed by atoms with Crippen molar-refractivity contribution >= 4 is 12.4 Å². The van der Waals surface area contributed by atoms with Crippen LogP contribution in [0.25, 0.3) is 0 Å². The molecular weight excluding hydrogens is 255 g/mol. The Balaban J connectivity index is 0.00000256. The van der Waals surface area contributed by atoms with Crippen LogP contribution in [0.4, 0.5) is 13.2 Å². The number of halogens is 4. The average molecular weight is 270 g/mol. The van der Waals surface area contributed by atoms with Crippen LogP contribution in [0.2, 0.25) is 0 Å². The topological polar surface area (TPSA) is 46.2 Å². The summed E-state index contributed by atoms with van der Waals surface area (Å²) in [5.74, 6) is 0. The molecule has 0 spiro atoms. The van der Waals surface area contributed by atoms with Gasteiger partial charge in [-0.2, -0.15) is 13.2 Å². The molecule has 0 saturated carbocycles. The molecule has 0 saturated heterocycles. The quantitative estimate of drug-likeness (QED) is 0.883. The summed E-state index contributed by atoms with van der Waals surface area (Å²) in [5, 5.41) is 8.61. The third-order valence-electron chi connectivity index (χ3n) is 2.32. The highest BCUT2D eigenvalue weighted by Gasteiger charge is 2.30. The van der Waals surface area contributed by atoms with E-state index in [1.165, 1.54) is 6.07 Å². The Kier molecular flexibility index (Phi) is 6.52. The van der Waals surface area contributed by atoms with Gasteiger partial charge < -0.3 is 10.8 Å². The molecule has 0 unspecified atom stereocenters. The van der Waals surface area contributed by atoms with Gasteiger partial charge >= 0.3 is 6.18 Å². The van der Waals surface area contributed by atoms with Gasteiger partial charge in [-0.3, -0.25) is 0 Å². The summed E-state index contributed by atoms with van der Waals surface area (Å²) >= 11 is 0. The van der Waals surface area contributed by atoms with Crippen molar-refractivity contribution in [3.05, 3.63) is 35.4 Å². The molecule has 0 amide bonds. The van der Waals surface area contributed by atoms with Crippen LogP contribution in [-0.2, 0) is 6.18 Å². The highest BCUT2D eigenvalue weighted by atomic mass is 35.5. The standard InChI is InChI=1S/C11H14F3NO.ClH/c12-11(13,14)9-4-1-3-8(7-9)10(15)5-2-6-16;/h1,3-4,7,10,16H,2,5-6,15H2;1H/t10-;/m0./s1. The Morgan fingerprint density at radius 2 is 1.94 bits per heavy atom. The first-order valence-corrected chi connectivity index (χ1v) is 4.98. The molecule has 1 aromatic carbocycles. The van der Waals surface area contributed by atoms with E-state index < -0.39 is 17.8 Å². The molecule has 1 rings (SSSR count). The number of rotatable bonds is 4. The zero-order chi connectivity index (χ0) is 12.2. The van der Waals surface area contributed by atoms with E-state index in [9.17, 15) is 13.2 Å². The van der Waals surface area contributed by atoms with Gasteiger partial charge in [-0.25, -0.2) is 0 Å². The lowest BCUT2D eigenvalue weighted by atomic mass is 10.0. The fraction of sp³-hybridized carbons (Fsp3) is 0.455. The van der Waals surface area contributed by atoms with Crippen LogP contribution >= 0.6 is 12.4 Å². The van der Waals surface area contributed by atoms with Crippen LogP contribution in [0.5, 0.6) is 0 Å². The van der Waals surface area contributed by atoms with Gasteiger partial charge in [0.1, 0.15) is 0 Å². The minimum Gasteiger partial charge on any atom is -0.396 e. The second-order valence-corrected chi connectivity index (χ2v) is 3.60. The summed E-state index contributed by atoms with van der Waals surface area (Å²) in [5.41, 5.74) is 5.47. The number of nitrogens with two attached hydrogens (primary N) is 1. The van der Waals surface area contributed by atoms with Crippen LogP contribution in [0, 0.1) is 0 Å². The predicted molar refractivity (Wildman–Crippen MR) is 61.9 cm³/mol. The largest absolute Gasteiger partial charge is 0.416 e. The molecule has 98 valence electrons. The summed E-state index contributed by atoms with van der Waals surface area (Å²) in [6.45, 7) is -0.00728. The minimum atomic E-state index is -4.34. The first-order chi connectivity index (χ1) is 7.45. The number of benzene rings is 1. The molecule has 0 heterocycles. The Morgan fingerprint density at radius 3 is 2.47 bits per heavy atom. The van der Waals surface area contributed by atoms with Crippen LogP contribution in [-0.4, -0.2) is 11.7 Å². The lowest BCUT2D eigenvalue weighted by Crippen LogP contribution is -2.13. The van der Waals surface area contributed by atoms with Crippen LogP contribution in [0.15, 0.2) is 24.3 Å². The second-order valence-electron chi connectivity index (χ2n) is 3.60. The molecular formula is C11H15ClF3NO. The average Bonchev–Trinajstić information content (AvgIpc) is 2.25. The van der Waals surface area contributed by atoms with Crippen molar-refractivity contribution < 1.29 is 18.3 Å². The summed E-state index contributed by atoms with van der Waals surface area (Å²) in [6, 6.07) is 4.52. The van der Waals surface area contributed by atoms with Crippen molar-refractivity contribution in [1.29, 1.82) is 0 Å². The first-order valence-electron chi connectivity index (χ1n) is 4.98. The van der Waals surface area contributed by atoms with Crippen molar-refractivity contribution in [1.82, 2.24) is 0 Å². The molecule has 17 heavy (non-hydrogen) atoms. The maximum atomic E-state index is 12.4. The van der Waals surface area contributed by atoms with Crippen molar-refractivity contribution in [2.24, 2.45) is 5.73 Å². The molecule has 0 aliphatic carbocycles. The minimum absolute atomic E-state index is 0. The van der Waals surface area contributed by atoms with E-state index in [-0.39, 0.29) is 19.0 Å². The van der Waals surface area contributed by atoms with Gasteiger partial charge in [0, 0.05) is 12.6 Å². The van der Waals surface area contributed by atoms with Crippen molar-refractivity contribution in [2.45, 2.75) is 25.1 Å². The summed E-state index contributed by atoms with van der Waals surface area (Å²) < 4.78 is 37.2. The Bertz CT molecular complexity index is 344. The van der Waals surface area contributed by atoms with Gasteiger partial charge in [-0.1, -0.05) is 12.1 Å². The van der Waals surface area contributed by atoms with E-state index in [0.717, 1.165) is 12.1 Å². The molecule has 1 aromatic rings. The van der Waals surface area contributed by atoms with Crippen molar-refractivity contribution in [2.75, 3.05) is 6.61 Å². The zero-order valence-corrected chi connectivity index (χ0v) is 9.89. The fourth-order valence-corrected chi connectivity index (χ4v) is 1.42. The number of alkyl halides is 3. The summed E-state index contributed by atoms with van der Waals surface area (Å²) in [4.78, 5) is 0. The number of aliphatic hydroxyl groups excluding tert-OH is 1. The monoisotopic (exact) mass is 269 g/mol. The lowest BCUT2D eigenvalue weighted by molar-refractivity contribution is -0.137. The Hall–Kier alpha value is -0.780. The van der Waals surface area contributed by atoms with Gasteiger partial charge in [-0.15, -0.1) is 12.4 Å². The normalized spacial score (nSPS) is 13.0. The maximum absolute atomic E-state index is 12.4. The van der Waals surface area contributed by atoms with Gasteiger partial charge in [0.15, 0.2) is 0 Å². The first kappa shape index (κ1) is 16.2. The van der Waals surface area contributed by atoms with Crippen molar-refractivity contribution in [3.8, 4) is 0 Å². The van der Waals surface area contributed by atoms with E-state index in [4.69, 9.17) is 10.8 Å². The fourth-order valence-electron chi connectivity index (χ4n) is 1.42. The molecule has 0 bridgehead atoms. The lowest BCUT2D eigenvalue weighted by Gasteiger charge is -2.13. The smallest absolute Gasteiger partial charge is 0.396 e. The SMILES string of the molecule is Cl.N[C@@H](CCCO)c1cccc(C(F)(F)F)c1. The third kappa shape index (κ3) is 4.93. The molecule has 0 fully saturated rings. The van der Waals surface area contributed by atoms with Gasteiger partial charge in [0.2, 0.25) is 0 Å². The van der Waals surface area contributed by atoms with Gasteiger partial charge in [-0.05, 0) is 30.5 Å². The van der Waals surface area contributed by atoms with Crippen LogP contribution in [0.3, 0.4) is 0 Å². The summed E-state index contributed by atoms with van der Waals surface area (Å²) in [7, 11) is 0. The number of aliphatic hydroxyl groups is 1. The number of hydrogen-bond acceptors (Lipinski definition) is 2. The molecule has 3 N–H and O–H groups in total. The molecule has 0 aliphatic heterocycles. The van der Waals surface area contributed by atoms with Gasteiger partial charge in [0.25, 0.3) is 0 Å². The van der Waals surface area contributed by atoms with E-state index in [1.807, 2.05) is 0 Å². The van der Waals surface area contributed by atoms with Gasteiger partial charge in [0.05, 0.1) is 5.56 Å². The van der Waals surface area contributed by atoms with Crippen molar-refractivity contribution in [3.63, 3.8) is 0 Å². The molecule has 0 radical (unpaired) electrons. The second kappa shape index (κ2) is 6.83.